The zero-order valence-electron chi connectivity index (χ0n) is 10.6. The molecule has 0 radical (unpaired) electrons. The van der Waals surface area contributed by atoms with Gasteiger partial charge in [-0.2, -0.15) is 0 Å². The van der Waals surface area contributed by atoms with Gasteiger partial charge in [-0.05, 0) is 65.6 Å². The van der Waals surface area contributed by atoms with E-state index in [-0.39, 0.29) is 6.04 Å². The van der Waals surface area contributed by atoms with Crippen molar-refractivity contribution < 1.29 is 4.42 Å². The van der Waals surface area contributed by atoms with E-state index in [0.29, 0.717) is 6.54 Å². The van der Waals surface area contributed by atoms with E-state index in [1.807, 2.05) is 6.07 Å². The smallest absolute Gasteiger partial charge is 0.169 e. The van der Waals surface area contributed by atoms with Gasteiger partial charge in [-0.25, -0.2) is 0 Å². The normalized spacial score (nSPS) is 21.5. The topological polar surface area (TPSA) is 42.4 Å². The fraction of sp³-hybridized carbons (Fsp3) is 0.714. The van der Waals surface area contributed by atoms with Crippen LogP contribution in [0.2, 0.25) is 0 Å². The lowest BCUT2D eigenvalue weighted by atomic mass is 10.1. The van der Waals surface area contributed by atoms with Crippen LogP contribution < -0.4 is 5.73 Å². The number of hydrogen-bond donors (Lipinski definition) is 1. The molecule has 18 heavy (non-hydrogen) atoms. The summed E-state index contributed by atoms with van der Waals surface area (Å²) in [5, 5.41) is 0. The molecule has 1 unspecified atom stereocenters. The Bertz CT molecular complexity index is 384. The van der Waals surface area contributed by atoms with Gasteiger partial charge in [-0.15, -0.1) is 0 Å². The van der Waals surface area contributed by atoms with E-state index in [4.69, 9.17) is 10.2 Å². The Balaban J connectivity index is 1.71. The lowest BCUT2D eigenvalue weighted by Crippen LogP contribution is -2.36. The van der Waals surface area contributed by atoms with Gasteiger partial charge in [-0.1, -0.05) is 0 Å². The second-order valence-electron chi connectivity index (χ2n) is 5.73. The molecule has 0 aliphatic heterocycles. The summed E-state index contributed by atoms with van der Waals surface area (Å²) in [7, 11) is 0. The number of nitrogens with two attached hydrogens (primary N) is 1. The van der Waals surface area contributed by atoms with Crippen molar-refractivity contribution in [1.82, 2.24) is 4.90 Å². The largest absolute Gasteiger partial charge is 0.453 e. The first-order valence-corrected chi connectivity index (χ1v) is 7.75. The average molecular weight is 313 g/mol. The van der Waals surface area contributed by atoms with Gasteiger partial charge >= 0.3 is 0 Å². The SMILES string of the molecule is NCC(c1ccc(Br)o1)N(CC1CC1)CC1CC1. The standard InChI is InChI=1S/C14H21BrN2O/c15-14-6-5-13(18-14)12(7-16)17(8-10-1-2-10)9-11-3-4-11/h5-6,10-12H,1-4,7-9,16H2. The summed E-state index contributed by atoms with van der Waals surface area (Å²) in [6.07, 6.45) is 5.56. The first-order chi connectivity index (χ1) is 8.76. The molecule has 1 aromatic rings. The molecule has 2 aliphatic carbocycles. The third-order valence-corrected chi connectivity index (χ3v) is 4.39. The van der Waals surface area contributed by atoms with Crippen molar-refractivity contribution in [2.45, 2.75) is 31.7 Å². The molecule has 2 saturated carbocycles. The maximum Gasteiger partial charge on any atom is 0.169 e. The van der Waals surface area contributed by atoms with Gasteiger partial charge < -0.3 is 10.2 Å². The van der Waals surface area contributed by atoms with Crippen LogP contribution in [0.1, 0.15) is 37.5 Å². The molecule has 4 heteroatoms. The van der Waals surface area contributed by atoms with Crippen LogP contribution in [0.25, 0.3) is 0 Å². The summed E-state index contributed by atoms with van der Waals surface area (Å²) in [6.45, 7) is 3.02. The van der Waals surface area contributed by atoms with E-state index in [9.17, 15) is 0 Å². The van der Waals surface area contributed by atoms with Gasteiger partial charge in [0.2, 0.25) is 0 Å². The van der Waals surface area contributed by atoms with Crippen molar-refractivity contribution in [1.29, 1.82) is 0 Å². The monoisotopic (exact) mass is 312 g/mol. The van der Waals surface area contributed by atoms with Crippen LogP contribution in [0.4, 0.5) is 0 Å². The van der Waals surface area contributed by atoms with Gasteiger partial charge in [0.1, 0.15) is 5.76 Å². The maximum absolute atomic E-state index is 5.99. The van der Waals surface area contributed by atoms with Crippen molar-refractivity contribution in [3.63, 3.8) is 0 Å². The molecule has 0 bridgehead atoms. The summed E-state index contributed by atoms with van der Waals surface area (Å²) in [5.74, 6) is 2.80. The maximum atomic E-state index is 5.99. The molecular formula is C14H21BrN2O. The van der Waals surface area contributed by atoms with E-state index in [2.05, 4.69) is 26.9 Å². The molecule has 0 saturated heterocycles. The number of nitrogens with zero attached hydrogens (tertiary/aromatic N) is 1. The zero-order valence-corrected chi connectivity index (χ0v) is 12.2. The number of furan rings is 1. The van der Waals surface area contributed by atoms with E-state index in [1.165, 1.54) is 38.8 Å². The molecule has 1 heterocycles. The molecule has 3 rings (SSSR count). The lowest BCUT2D eigenvalue weighted by molar-refractivity contribution is 0.163. The fourth-order valence-electron chi connectivity index (χ4n) is 2.55. The minimum absolute atomic E-state index is 0.248. The fourth-order valence-corrected chi connectivity index (χ4v) is 2.86. The van der Waals surface area contributed by atoms with Crippen molar-refractivity contribution >= 4 is 15.9 Å². The quantitative estimate of drug-likeness (QED) is 0.841. The zero-order chi connectivity index (χ0) is 12.5. The van der Waals surface area contributed by atoms with Crippen LogP contribution in [-0.2, 0) is 0 Å². The Hall–Kier alpha value is -0.320. The van der Waals surface area contributed by atoms with Crippen LogP contribution in [0.3, 0.4) is 0 Å². The average Bonchev–Trinajstić information content (AvgIpc) is 3.25. The Kier molecular flexibility index (Phi) is 3.78. The Morgan fingerprint density at radius 3 is 2.22 bits per heavy atom. The Labute approximate surface area is 117 Å². The Morgan fingerprint density at radius 2 is 1.83 bits per heavy atom. The minimum Gasteiger partial charge on any atom is -0.453 e. The predicted octanol–water partition coefficient (Wildman–Crippen LogP) is 3.16. The first-order valence-electron chi connectivity index (χ1n) is 6.95. The van der Waals surface area contributed by atoms with Gasteiger partial charge in [0.05, 0.1) is 6.04 Å². The predicted molar refractivity (Wildman–Crippen MR) is 75.2 cm³/mol. The van der Waals surface area contributed by atoms with Crippen LogP contribution in [-0.4, -0.2) is 24.5 Å². The van der Waals surface area contributed by atoms with Gasteiger partial charge in [0.15, 0.2) is 4.67 Å². The van der Waals surface area contributed by atoms with Crippen LogP contribution in [0, 0.1) is 11.8 Å². The second kappa shape index (κ2) is 5.35. The molecule has 0 spiro atoms. The first kappa shape index (κ1) is 12.7. The molecule has 0 amide bonds. The van der Waals surface area contributed by atoms with Gasteiger partial charge in [0.25, 0.3) is 0 Å². The number of halogens is 1. The highest BCUT2D eigenvalue weighted by Crippen LogP contribution is 2.37. The van der Waals surface area contributed by atoms with Crippen molar-refractivity contribution in [3.8, 4) is 0 Å². The molecule has 2 aliphatic rings. The molecule has 100 valence electrons. The highest BCUT2D eigenvalue weighted by molar-refractivity contribution is 9.10. The third kappa shape index (κ3) is 3.16. The molecule has 2 N–H and O–H groups in total. The van der Waals surface area contributed by atoms with Gasteiger partial charge in [-0.3, -0.25) is 4.90 Å². The molecule has 1 atom stereocenters. The summed E-state index contributed by atoms with van der Waals surface area (Å²) in [6, 6.07) is 4.26. The second-order valence-corrected chi connectivity index (χ2v) is 6.52. The molecule has 2 fully saturated rings. The van der Waals surface area contributed by atoms with Crippen LogP contribution in [0.15, 0.2) is 21.2 Å². The summed E-state index contributed by atoms with van der Waals surface area (Å²) in [5.41, 5.74) is 5.99. The highest BCUT2D eigenvalue weighted by Gasteiger charge is 2.33. The molecule has 0 aromatic carbocycles. The van der Waals surface area contributed by atoms with E-state index < -0.39 is 0 Å². The lowest BCUT2D eigenvalue weighted by Gasteiger charge is -2.29. The molecule has 1 aromatic heterocycles. The Morgan fingerprint density at radius 1 is 1.22 bits per heavy atom. The van der Waals surface area contributed by atoms with Crippen LogP contribution >= 0.6 is 15.9 Å². The summed E-state index contributed by atoms with van der Waals surface area (Å²) >= 11 is 3.38. The molecular weight excluding hydrogens is 292 g/mol. The van der Waals surface area contributed by atoms with E-state index >= 15 is 0 Å². The van der Waals surface area contributed by atoms with Crippen molar-refractivity contribution in [2.75, 3.05) is 19.6 Å². The third-order valence-electron chi connectivity index (χ3n) is 3.97. The minimum atomic E-state index is 0.248. The molecule has 3 nitrogen and oxygen atoms in total. The summed E-state index contributed by atoms with van der Waals surface area (Å²) < 4.78 is 6.52. The highest BCUT2D eigenvalue weighted by atomic mass is 79.9. The number of rotatable bonds is 7. The van der Waals surface area contributed by atoms with Gasteiger partial charge in [0, 0.05) is 19.6 Å². The van der Waals surface area contributed by atoms with E-state index in [0.717, 1.165) is 22.3 Å². The van der Waals surface area contributed by atoms with Crippen molar-refractivity contribution in [3.05, 3.63) is 22.6 Å². The van der Waals surface area contributed by atoms with E-state index in [1.54, 1.807) is 0 Å². The van der Waals surface area contributed by atoms with Crippen molar-refractivity contribution in [2.24, 2.45) is 17.6 Å². The van der Waals surface area contributed by atoms with Crippen LogP contribution in [0.5, 0.6) is 0 Å². The summed E-state index contributed by atoms with van der Waals surface area (Å²) in [4.78, 5) is 2.56. The number of hydrogen-bond acceptors (Lipinski definition) is 3.